The number of amides is 1. The highest BCUT2D eigenvalue weighted by atomic mass is 16.5. The number of aryl methyl sites for hydroxylation is 3. The second kappa shape index (κ2) is 7.64. The normalized spacial score (nSPS) is 16.8. The first-order chi connectivity index (χ1) is 12.8. The molecule has 0 bridgehead atoms. The van der Waals surface area contributed by atoms with Crippen molar-refractivity contribution in [1.82, 2.24) is 19.4 Å². The number of nitrogens with one attached hydrogen (secondary N) is 1. The lowest BCUT2D eigenvalue weighted by Gasteiger charge is -2.15. The van der Waals surface area contributed by atoms with Gasteiger partial charge in [-0.3, -0.25) is 18.7 Å². The van der Waals surface area contributed by atoms with Crippen molar-refractivity contribution in [3.05, 3.63) is 37.7 Å². The third-order valence-electron chi connectivity index (χ3n) is 5.32. The fraction of sp³-hybridized carbons (Fsp3) is 0.579. The van der Waals surface area contributed by atoms with Crippen LogP contribution in [-0.4, -0.2) is 39.3 Å². The number of ether oxygens (including phenoxy) is 1. The molecule has 1 aliphatic rings. The van der Waals surface area contributed by atoms with Gasteiger partial charge < -0.3 is 10.1 Å². The summed E-state index contributed by atoms with van der Waals surface area (Å²) in [7, 11) is 3.07. The Balaban J connectivity index is 1.83. The van der Waals surface area contributed by atoms with Crippen molar-refractivity contribution in [2.24, 2.45) is 14.1 Å². The Morgan fingerprint density at radius 3 is 2.67 bits per heavy atom. The molecule has 0 aromatic carbocycles. The minimum absolute atomic E-state index is 0.0437. The maximum atomic E-state index is 12.6. The van der Waals surface area contributed by atoms with Gasteiger partial charge in [0.2, 0.25) is 5.91 Å². The van der Waals surface area contributed by atoms with E-state index in [1.807, 2.05) is 13.8 Å². The number of hydrogen-bond donors (Lipinski definition) is 1. The number of aromatic nitrogens is 3. The van der Waals surface area contributed by atoms with Gasteiger partial charge in [0.15, 0.2) is 0 Å². The summed E-state index contributed by atoms with van der Waals surface area (Å²) in [5, 5.41) is 3.34. The summed E-state index contributed by atoms with van der Waals surface area (Å²) in [6.07, 6.45) is 2.94. The predicted octanol–water partition coefficient (Wildman–Crippen LogP) is 0.477. The number of hydrogen-bond acceptors (Lipinski definition) is 5. The Hall–Kier alpha value is -2.48. The number of pyridine rings is 1. The number of nitrogens with zero attached hydrogens (tertiary/aromatic N) is 3. The van der Waals surface area contributed by atoms with Crippen LogP contribution in [-0.2, 0) is 30.0 Å². The first-order valence-corrected chi connectivity index (χ1v) is 9.25. The minimum Gasteiger partial charge on any atom is -0.376 e. The second-order valence-electron chi connectivity index (χ2n) is 7.14. The summed E-state index contributed by atoms with van der Waals surface area (Å²) < 4.78 is 7.98. The van der Waals surface area contributed by atoms with Crippen LogP contribution in [0.15, 0.2) is 9.59 Å². The third-order valence-corrected chi connectivity index (χ3v) is 5.32. The number of carbonyl (C=O) groups excluding carboxylic acids is 1. The van der Waals surface area contributed by atoms with Gasteiger partial charge in [0.1, 0.15) is 5.65 Å². The first kappa shape index (κ1) is 19.3. The zero-order chi connectivity index (χ0) is 19.7. The maximum absolute atomic E-state index is 12.6. The zero-order valence-corrected chi connectivity index (χ0v) is 16.3. The molecule has 3 heterocycles. The van der Waals surface area contributed by atoms with Crippen molar-refractivity contribution < 1.29 is 9.53 Å². The lowest BCUT2D eigenvalue weighted by molar-refractivity contribution is -0.121. The van der Waals surface area contributed by atoms with Crippen LogP contribution >= 0.6 is 0 Å². The van der Waals surface area contributed by atoms with Crippen LogP contribution in [0.5, 0.6) is 0 Å². The minimum atomic E-state index is -0.403. The topological polar surface area (TPSA) is 95.2 Å². The number of rotatable bonds is 5. The van der Waals surface area contributed by atoms with Gasteiger partial charge in [0, 0.05) is 39.4 Å². The average Bonchev–Trinajstić information content (AvgIpc) is 3.16. The third kappa shape index (κ3) is 3.66. The standard InChI is InChI=1S/C19H26N4O4/c1-11-14(7-8-15(24)20-10-13-6-5-9-27-13)12(2)21-17-16(11)18(25)23(4)19(26)22(17)3/h13H,5-10H2,1-4H3,(H,20,24)/t13-/m0/s1. The maximum Gasteiger partial charge on any atom is 0.332 e. The smallest absolute Gasteiger partial charge is 0.332 e. The van der Waals surface area contributed by atoms with E-state index in [0.717, 1.165) is 40.8 Å². The van der Waals surface area contributed by atoms with E-state index < -0.39 is 5.69 Å². The fourth-order valence-electron chi connectivity index (χ4n) is 3.67. The zero-order valence-electron chi connectivity index (χ0n) is 16.3. The Labute approximate surface area is 157 Å². The van der Waals surface area contributed by atoms with Gasteiger partial charge >= 0.3 is 5.69 Å². The Morgan fingerprint density at radius 2 is 2.00 bits per heavy atom. The predicted molar refractivity (Wildman–Crippen MR) is 102 cm³/mol. The molecular formula is C19H26N4O4. The van der Waals surface area contributed by atoms with Crippen molar-refractivity contribution in [2.75, 3.05) is 13.2 Å². The van der Waals surface area contributed by atoms with Gasteiger partial charge in [-0.25, -0.2) is 9.78 Å². The van der Waals surface area contributed by atoms with Crippen molar-refractivity contribution in [1.29, 1.82) is 0 Å². The Morgan fingerprint density at radius 1 is 1.26 bits per heavy atom. The van der Waals surface area contributed by atoms with Crippen molar-refractivity contribution >= 4 is 16.9 Å². The number of fused-ring (bicyclic) bond motifs is 1. The Bertz CT molecular complexity index is 1000. The molecule has 8 heteroatoms. The average molecular weight is 374 g/mol. The van der Waals surface area contributed by atoms with Gasteiger partial charge in [-0.05, 0) is 44.2 Å². The molecule has 0 radical (unpaired) electrons. The highest BCUT2D eigenvalue weighted by Crippen LogP contribution is 2.20. The summed E-state index contributed by atoms with van der Waals surface area (Å²) in [5.74, 6) is -0.0437. The monoisotopic (exact) mass is 374 g/mol. The van der Waals surface area contributed by atoms with E-state index in [1.165, 1.54) is 11.6 Å². The van der Waals surface area contributed by atoms with Gasteiger partial charge in [0.05, 0.1) is 11.5 Å². The molecule has 1 atom stereocenters. The molecule has 146 valence electrons. The fourth-order valence-corrected chi connectivity index (χ4v) is 3.67. The quantitative estimate of drug-likeness (QED) is 0.821. The molecule has 0 aliphatic carbocycles. The SMILES string of the molecule is Cc1nc2c(c(C)c1CCC(=O)NC[C@@H]1CCCO1)c(=O)n(C)c(=O)n2C. The largest absolute Gasteiger partial charge is 0.376 e. The van der Waals surface area contributed by atoms with Crippen LogP contribution < -0.4 is 16.6 Å². The van der Waals surface area contributed by atoms with E-state index in [4.69, 9.17) is 4.74 Å². The van der Waals surface area contributed by atoms with Crippen LogP contribution in [0.25, 0.3) is 11.0 Å². The van der Waals surface area contributed by atoms with E-state index in [0.29, 0.717) is 30.4 Å². The lowest BCUT2D eigenvalue weighted by Crippen LogP contribution is -2.38. The van der Waals surface area contributed by atoms with Crippen molar-refractivity contribution in [2.45, 2.75) is 45.6 Å². The molecule has 1 aliphatic heterocycles. The molecule has 0 saturated carbocycles. The molecule has 1 N–H and O–H groups in total. The van der Waals surface area contributed by atoms with E-state index in [2.05, 4.69) is 10.3 Å². The molecule has 27 heavy (non-hydrogen) atoms. The van der Waals surface area contributed by atoms with Crippen LogP contribution in [0.2, 0.25) is 0 Å². The van der Waals surface area contributed by atoms with Crippen LogP contribution in [0.4, 0.5) is 0 Å². The van der Waals surface area contributed by atoms with Crippen LogP contribution in [0, 0.1) is 13.8 Å². The highest BCUT2D eigenvalue weighted by Gasteiger charge is 2.19. The molecule has 3 rings (SSSR count). The lowest BCUT2D eigenvalue weighted by atomic mass is 10.00. The van der Waals surface area contributed by atoms with E-state index >= 15 is 0 Å². The molecule has 0 spiro atoms. The molecule has 8 nitrogen and oxygen atoms in total. The summed E-state index contributed by atoms with van der Waals surface area (Å²) in [4.78, 5) is 41.4. The summed E-state index contributed by atoms with van der Waals surface area (Å²) >= 11 is 0. The highest BCUT2D eigenvalue weighted by molar-refractivity contribution is 5.80. The van der Waals surface area contributed by atoms with E-state index in [1.54, 1.807) is 7.05 Å². The van der Waals surface area contributed by atoms with Crippen LogP contribution in [0.1, 0.15) is 36.1 Å². The molecule has 1 amide bonds. The molecule has 1 fully saturated rings. The summed E-state index contributed by atoms with van der Waals surface area (Å²) in [5.41, 5.74) is 2.01. The summed E-state index contributed by atoms with van der Waals surface area (Å²) in [6, 6.07) is 0. The van der Waals surface area contributed by atoms with E-state index in [-0.39, 0.29) is 17.6 Å². The first-order valence-electron chi connectivity index (χ1n) is 9.25. The van der Waals surface area contributed by atoms with Gasteiger partial charge in [-0.1, -0.05) is 0 Å². The Kier molecular flexibility index (Phi) is 5.46. The number of carbonyl (C=O) groups is 1. The van der Waals surface area contributed by atoms with Gasteiger partial charge in [-0.2, -0.15) is 0 Å². The summed E-state index contributed by atoms with van der Waals surface area (Å²) in [6.45, 7) is 4.99. The molecule has 1 saturated heterocycles. The van der Waals surface area contributed by atoms with Gasteiger partial charge in [0.25, 0.3) is 5.56 Å². The molecule has 0 unspecified atom stereocenters. The van der Waals surface area contributed by atoms with Crippen molar-refractivity contribution in [3.8, 4) is 0 Å². The van der Waals surface area contributed by atoms with Crippen molar-refractivity contribution in [3.63, 3.8) is 0 Å². The molecule has 2 aromatic rings. The molecular weight excluding hydrogens is 348 g/mol. The second-order valence-corrected chi connectivity index (χ2v) is 7.14. The molecule has 2 aromatic heterocycles. The van der Waals surface area contributed by atoms with Gasteiger partial charge in [-0.15, -0.1) is 0 Å². The van der Waals surface area contributed by atoms with E-state index in [9.17, 15) is 14.4 Å². The van der Waals surface area contributed by atoms with Crippen LogP contribution in [0.3, 0.4) is 0 Å².